The third kappa shape index (κ3) is 3.47. The molecule has 0 radical (unpaired) electrons. The lowest BCUT2D eigenvalue weighted by atomic mass is 10.1. The Morgan fingerprint density at radius 1 is 1.50 bits per heavy atom. The van der Waals surface area contributed by atoms with E-state index in [2.05, 4.69) is 5.32 Å². The number of hydrogen-bond acceptors (Lipinski definition) is 4. The number of Topliss-reactive ketones (excluding diaryl/α,β-unsaturated/α-hetero) is 1. The molecule has 0 aliphatic rings. The molecule has 6 heteroatoms. The van der Waals surface area contributed by atoms with Crippen LogP contribution in [0.25, 0.3) is 0 Å². The summed E-state index contributed by atoms with van der Waals surface area (Å²) in [6, 6.07) is 2.12. The van der Waals surface area contributed by atoms with Crippen LogP contribution < -0.4 is 5.32 Å². The van der Waals surface area contributed by atoms with Crippen molar-refractivity contribution in [3.05, 3.63) is 22.4 Å². The fourth-order valence-corrected chi connectivity index (χ4v) is 1.75. The second kappa shape index (κ2) is 5.41. The highest BCUT2D eigenvalue weighted by Gasteiger charge is 2.22. The zero-order valence-electron chi connectivity index (χ0n) is 8.60. The van der Waals surface area contributed by atoms with Crippen molar-refractivity contribution in [3.63, 3.8) is 0 Å². The van der Waals surface area contributed by atoms with Crippen molar-refractivity contribution in [3.8, 4) is 0 Å². The molecule has 0 fully saturated rings. The largest absolute Gasteiger partial charge is 0.480 e. The molecule has 1 atom stereocenters. The predicted octanol–water partition coefficient (Wildman–Crippen LogP) is 0.910. The standard InChI is InChI=1S/C10H11NO4S/c1-6(12)5-7(10(14)15)11-9(13)8-3-2-4-16-8/h2-4,7H,5H2,1H3,(H,11,13)(H,14,15). The van der Waals surface area contributed by atoms with Crippen molar-refractivity contribution >= 4 is 29.0 Å². The molecule has 1 aromatic heterocycles. The summed E-state index contributed by atoms with van der Waals surface area (Å²) < 4.78 is 0. The van der Waals surface area contributed by atoms with Crippen LogP contribution in [-0.2, 0) is 9.59 Å². The van der Waals surface area contributed by atoms with Crippen LogP contribution in [0.3, 0.4) is 0 Å². The van der Waals surface area contributed by atoms with Crippen LogP contribution in [0, 0.1) is 0 Å². The highest BCUT2D eigenvalue weighted by Crippen LogP contribution is 2.08. The summed E-state index contributed by atoms with van der Waals surface area (Å²) in [6.07, 6.45) is -0.202. The summed E-state index contributed by atoms with van der Waals surface area (Å²) in [5.41, 5.74) is 0. The average Bonchev–Trinajstić information content (AvgIpc) is 2.68. The highest BCUT2D eigenvalue weighted by atomic mass is 32.1. The number of carboxylic acid groups (broad SMARTS) is 1. The number of carbonyl (C=O) groups is 3. The van der Waals surface area contributed by atoms with Gasteiger partial charge in [-0.15, -0.1) is 11.3 Å². The summed E-state index contributed by atoms with van der Waals surface area (Å²) in [5.74, 6) is -1.96. The second-order valence-electron chi connectivity index (χ2n) is 3.25. The minimum Gasteiger partial charge on any atom is -0.480 e. The Morgan fingerprint density at radius 2 is 2.19 bits per heavy atom. The predicted molar refractivity (Wildman–Crippen MR) is 58.5 cm³/mol. The van der Waals surface area contributed by atoms with Gasteiger partial charge in [-0.1, -0.05) is 6.07 Å². The van der Waals surface area contributed by atoms with Crippen molar-refractivity contribution < 1.29 is 19.5 Å². The monoisotopic (exact) mass is 241 g/mol. The highest BCUT2D eigenvalue weighted by molar-refractivity contribution is 7.12. The van der Waals surface area contributed by atoms with Crippen LogP contribution in [-0.4, -0.2) is 28.8 Å². The van der Waals surface area contributed by atoms with Gasteiger partial charge in [0.15, 0.2) is 0 Å². The first-order chi connectivity index (χ1) is 7.50. The Morgan fingerprint density at radius 3 is 2.62 bits per heavy atom. The fraction of sp³-hybridized carbons (Fsp3) is 0.300. The Balaban J connectivity index is 2.65. The van der Waals surface area contributed by atoms with E-state index in [1.807, 2.05) is 0 Å². The molecule has 1 unspecified atom stereocenters. The molecule has 16 heavy (non-hydrogen) atoms. The number of hydrogen-bond donors (Lipinski definition) is 2. The van der Waals surface area contributed by atoms with Crippen LogP contribution in [0.4, 0.5) is 0 Å². The molecule has 0 saturated carbocycles. The van der Waals surface area contributed by atoms with Gasteiger partial charge in [0.25, 0.3) is 5.91 Å². The van der Waals surface area contributed by atoms with Gasteiger partial charge in [-0.2, -0.15) is 0 Å². The lowest BCUT2D eigenvalue weighted by Crippen LogP contribution is -2.41. The molecule has 86 valence electrons. The molecular formula is C10H11NO4S. The molecule has 0 aromatic carbocycles. The topological polar surface area (TPSA) is 83.5 Å². The quantitative estimate of drug-likeness (QED) is 0.802. The van der Waals surface area contributed by atoms with E-state index in [9.17, 15) is 14.4 Å². The van der Waals surface area contributed by atoms with E-state index in [0.717, 1.165) is 0 Å². The minimum atomic E-state index is -1.21. The van der Waals surface area contributed by atoms with Crippen molar-refractivity contribution in [1.82, 2.24) is 5.32 Å². The van der Waals surface area contributed by atoms with Gasteiger partial charge in [0.2, 0.25) is 0 Å². The van der Waals surface area contributed by atoms with Crippen LogP contribution >= 0.6 is 11.3 Å². The maximum absolute atomic E-state index is 11.5. The van der Waals surface area contributed by atoms with Crippen molar-refractivity contribution in [2.75, 3.05) is 0 Å². The van der Waals surface area contributed by atoms with Gasteiger partial charge in [0, 0.05) is 6.42 Å². The van der Waals surface area contributed by atoms with E-state index in [0.29, 0.717) is 4.88 Å². The number of nitrogens with one attached hydrogen (secondary N) is 1. The number of amides is 1. The Labute approximate surface area is 96.1 Å². The van der Waals surface area contributed by atoms with Gasteiger partial charge in [-0.25, -0.2) is 4.79 Å². The van der Waals surface area contributed by atoms with Crippen LogP contribution in [0.2, 0.25) is 0 Å². The molecule has 1 aromatic rings. The summed E-state index contributed by atoms with van der Waals surface area (Å²) in [6.45, 7) is 1.28. The Hall–Kier alpha value is -1.69. The SMILES string of the molecule is CC(=O)CC(NC(=O)c1cccs1)C(=O)O. The zero-order valence-corrected chi connectivity index (χ0v) is 9.41. The van der Waals surface area contributed by atoms with E-state index in [-0.39, 0.29) is 12.2 Å². The summed E-state index contributed by atoms with van der Waals surface area (Å²) >= 11 is 1.21. The van der Waals surface area contributed by atoms with Crippen molar-refractivity contribution in [2.45, 2.75) is 19.4 Å². The van der Waals surface area contributed by atoms with E-state index in [1.165, 1.54) is 18.3 Å². The lowest BCUT2D eigenvalue weighted by molar-refractivity contribution is -0.140. The summed E-state index contributed by atoms with van der Waals surface area (Å²) in [7, 11) is 0. The molecule has 1 rings (SSSR count). The molecule has 0 saturated heterocycles. The Bertz CT molecular complexity index is 399. The van der Waals surface area contributed by atoms with Crippen molar-refractivity contribution in [1.29, 1.82) is 0 Å². The molecule has 1 amide bonds. The average molecular weight is 241 g/mol. The lowest BCUT2D eigenvalue weighted by Gasteiger charge is -2.11. The van der Waals surface area contributed by atoms with E-state index in [1.54, 1.807) is 17.5 Å². The Kier molecular flexibility index (Phi) is 4.19. The van der Waals surface area contributed by atoms with E-state index < -0.39 is 17.9 Å². The molecule has 5 nitrogen and oxygen atoms in total. The fourth-order valence-electron chi connectivity index (χ4n) is 1.12. The number of aliphatic carboxylic acids is 1. The van der Waals surface area contributed by atoms with Gasteiger partial charge in [-0.3, -0.25) is 9.59 Å². The van der Waals surface area contributed by atoms with Gasteiger partial charge in [0.1, 0.15) is 11.8 Å². The number of carboxylic acids is 1. The van der Waals surface area contributed by atoms with E-state index >= 15 is 0 Å². The third-order valence-corrected chi connectivity index (χ3v) is 2.71. The number of thiophene rings is 1. The van der Waals surface area contributed by atoms with Gasteiger partial charge in [0.05, 0.1) is 4.88 Å². The zero-order chi connectivity index (χ0) is 12.1. The first-order valence-corrected chi connectivity index (χ1v) is 5.45. The van der Waals surface area contributed by atoms with Crippen LogP contribution in [0.5, 0.6) is 0 Å². The normalized spacial score (nSPS) is 11.8. The number of ketones is 1. The molecule has 2 N–H and O–H groups in total. The molecular weight excluding hydrogens is 230 g/mol. The van der Waals surface area contributed by atoms with Gasteiger partial charge >= 0.3 is 5.97 Å². The van der Waals surface area contributed by atoms with Crippen molar-refractivity contribution in [2.24, 2.45) is 0 Å². The van der Waals surface area contributed by atoms with Gasteiger partial charge < -0.3 is 10.4 Å². The minimum absolute atomic E-state index is 0.202. The smallest absolute Gasteiger partial charge is 0.326 e. The number of carbonyl (C=O) groups excluding carboxylic acids is 2. The molecule has 0 aliphatic heterocycles. The van der Waals surface area contributed by atoms with E-state index in [4.69, 9.17) is 5.11 Å². The molecule has 0 bridgehead atoms. The van der Waals surface area contributed by atoms with Crippen LogP contribution in [0.1, 0.15) is 23.0 Å². The first kappa shape index (κ1) is 12.4. The molecule has 1 heterocycles. The second-order valence-corrected chi connectivity index (χ2v) is 4.20. The molecule has 0 aliphatic carbocycles. The maximum Gasteiger partial charge on any atom is 0.326 e. The number of rotatable bonds is 5. The van der Waals surface area contributed by atoms with Gasteiger partial charge in [-0.05, 0) is 18.4 Å². The maximum atomic E-state index is 11.5. The first-order valence-electron chi connectivity index (χ1n) is 4.57. The van der Waals surface area contributed by atoms with Crippen LogP contribution in [0.15, 0.2) is 17.5 Å². The third-order valence-electron chi connectivity index (χ3n) is 1.84. The summed E-state index contributed by atoms with van der Waals surface area (Å²) in [5, 5.41) is 12.8. The summed E-state index contributed by atoms with van der Waals surface area (Å²) in [4.78, 5) is 33.5. The molecule has 0 spiro atoms.